The Kier molecular flexibility index (Phi) is 3.70. The van der Waals surface area contributed by atoms with Crippen molar-refractivity contribution in [3.8, 4) is 0 Å². The van der Waals surface area contributed by atoms with E-state index in [9.17, 15) is 9.70 Å². The molecule has 0 aliphatic rings. The Morgan fingerprint density at radius 1 is 1.42 bits per heavy atom. The first-order valence-corrected chi connectivity index (χ1v) is 5.76. The summed E-state index contributed by atoms with van der Waals surface area (Å²) in [4.78, 5) is 27.5. The second-order valence-corrected chi connectivity index (χ2v) is 4.40. The molecule has 2 aromatic rings. The maximum atomic E-state index is 11.8. The van der Waals surface area contributed by atoms with E-state index < -0.39 is 0 Å². The van der Waals surface area contributed by atoms with Gasteiger partial charge in [0, 0.05) is 26.2 Å². The third-order valence-corrected chi connectivity index (χ3v) is 2.66. The number of hydrogen-bond acceptors (Lipinski definition) is 4. The van der Waals surface area contributed by atoms with Gasteiger partial charge in [0.05, 0.1) is 12.5 Å². The van der Waals surface area contributed by atoms with Crippen LogP contribution in [0.2, 0.25) is 0 Å². The summed E-state index contributed by atoms with van der Waals surface area (Å²) in [6, 6.07) is 7.36. The van der Waals surface area contributed by atoms with E-state index in [4.69, 9.17) is 0 Å². The predicted octanol–water partition coefficient (Wildman–Crippen LogP) is 2.03. The molecule has 1 aromatic heterocycles. The first-order chi connectivity index (χ1) is 9.10. The summed E-state index contributed by atoms with van der Waals surface area (Å²) >= 11 is 0. The lowest BCUT2D eigenvalue weighted by Gasteiger charge is -2.11. The second-order valence-electron chi connectivity index (χ2n) is 4.40. The molecule has 0 aliphatic carbocycles. The Morgan fingerprint density at radius 3 is 2.84 bits per heavy atom. The first kappa shape index (κ1) is 12.9. The van der Waals surface area contributed by atoms with E-state index in [2.05, 4.69) is 10.2 Å². The SMILES string of the molecule is CN(C)C(=O)c1cccc(Cn2cnc(N=O)c2)c1. The summed E-state index contributed by atoms with van der Waals surface area (Å²) in [6.07, 6.45) is 3.10. The van der Waals surface area contributed by atoms with Crippen molar-refractivity contribution in [3.05, 3.63) is 52.8 Å². The molecular formula is C13H14N4O2. The number of hydrogen-bond donors (Lipinski definition) is 0. The molecule has 0 radical (unpaired) electrons. The second kappa shape index (κ2) is 5.43. The van der Waals surface area contributed by atoms with Crippen molar-refractivity contribution in [3.63, 3.8) is 0 Å². The van der Waals surface area contributed by atoms with Gasteiger partial charge in [-0.3, -0.25) is 4.79 Å². The molecule has 0 aliphatic heterocycles. The number of carbonyl (C=O) groups excluding carboxylic acids is 1. The molecule has 0 saturated carbocycles. The minimum Gasteiger partial charge on any atom is -0.345 e. The van der Waals surface area contributed by atoms with Crippen LogP contribution in [0, 0.1) is 4.91 Å². The number of amides is 1. The largest absolute Gasteiger partial charge is 0.345 e. The molecule has 19 heavy (non-hydrogen) atoms. The molecule has 0 N–H and O–H groups in total. The van der Waals surface area contributed by atoms with Gasteiger partial charge in [-0.05, 0) is 22.9 Å². The van der Waals surface area contributed by atoms with Crippen molar-refractivity contribution in [2.24, 2.45) is 5.18 Å². The zero-order valence-electron chi connectivity index (χ0n) is 10.8. The Labute approximate surface area is 110 Å². The van der Waals surface area contributed by atoms with Crippen LogP contribution < -0.4 is 0 Å². The number of nitrogens with zero attached hydrogens (tertiary/aromatic N) is 4. The number of benzene rings is 1. The van der Waals surface area contributed by atoms with Gasteiger partial charge in [0.15, 0.2) is 0 Å². The quantitative estimate of drug-likeness (QED) is 0.788. The van der Waals surface area contributed by atoms with Crippen LogP contribution in [-0.4, -0.2) is 34.5 Å². The van der Waals surface area contributed by atoms with Crippen LogP contribution in [0.15, 0.2) is 42.0 Å². The van der Waals surface area contributed by atoms with Gasteiger partial charge in [0.1, 0.15) is 0 Å². The third kappa shape index (κ3) is 3.04. The molecule has 0 spiro atoms. The number of rotatable bonds is 4. The molecule has 1 amide bonds. The average molecular weight is 258 g/mol. The highest BCUT2D eigenvalue weighted by molar-refractivity contribution is 5.94. The molecule has 0 atom stereocenters. The minimum atomic E-state index is -0.0391. The molecule has 1 heterocycles. The topological polar surface area (TPSA) is 67.6 Å². The van der Waals surface area contributed by atoms with Crippen LogP contribution in [0.3, 0.4) is 0 Å². The Morgan fingerprint density at radius 2 is 2.21 bits per heavy atom. The fraction of sp³-hybridized carbons (Fsp3) is 0.231. The molecular weight excluding hydrogens is 244 g/mol. The van der Waals surface area contributed by atoms with E-state index >= 15 is 0 Å². The van der Waals surface area contributed by atoms with E-state index in [1.165, 1.54) is 11.2 Å². The molecule has 0 unspecified atom stereocenters. The summed E-state index contributed by atoms with van der Waals surface area (Å²) in [6.45, 7) is 0.539. The average Bonchev–Trinajstić information content (AvgIpc) is 2.85. The molecule has 98 valence electrons. The van der Waals surface area contributed by atoms with Crippen molar-refractivity contribution < 1.29 is 4.79 Å². The van der Waals surface area contributed by atoms with Crippen molar-refractivity contribution in [1.82, 2.24) is 14.5 Å². The molecule has 0 bridgehead atoms. The van der Waals surface area contributed by atoms with Gasteiger partial charge < -0.3 is 9.47 Å². The zero-order chi connectivity index (χ0) is 13.8. The third-order valence-electron chi connectivity index (χ3n) is 2.66. The lowest BCUT2D eigenvalue weighted by molar-refractivity contribution is 0.0827. The Balaban J connectivity index is 2.19. The van der Waals surface area contributed by atoms with Gasteiger partial charge in [-0.1, -0.05) is 12.1 Å². The lowest BCUT2D eigenvalue weighted by atomic mass is 10.1. The summed E-state index contributed by atoms with van der Waals surface area (Å²) in [7, 11) is 3.43. The molecule has 0 fully saturated rings. The minimum absolute atomic E-state index is 0.0391. The van der Waals surface area contributed by atoms with Crippen LogP contribution in [0.4, 0.5) is 5.82 Å². The van der Waals surface area contributed by atoms with E-state index in [0.717, 1.165) is 5.56 Å². The van der Waals surface area contributed by atoms with Crippen molar-refractivity contribution in [2.45, 2.75) is 6.54 Å². The van der Waals surface area contributed by atoms with E-state index in [-0.39, 0.29) is 11.7 Å². The smallest absolute Gasteiger partial charge is 0.253 e. The standard InChI is InChI=1S/C13H14N4O2/c1-16(2)13(18)11-5-3-4-10(6-11)7-17-8-12(15-19)14-9-17/h3-6,8-9H,7H2,1-2H3. The predicted molar refractivity (Wildman–Crippen MR) is 71.2 cm³/mol. The van der Waals surface area contributed by atoms with Gasteiger partial charge >= 0.3 is 0 Å². The van der Waals surface area contributed by atoms with Gasteiger partial charge in [-0.2, -0.15) is 0 Å². The molecule has 1 aromatic carbocycles. The van der Waals surface area contributed by atoms with Gasteiger partial charge in [-0.25, -0.2) is 4.98 Å². The van der Waals surface area contributed by atoms with Crippen molar-refractivity contribution in [2.75, 3.05) is 14.1 Å². The maximum absolute atomic E-state index is 11.8. The fourth-order valence-corrected chi connectivity index (χ4v) is 1.75. The van der Waals surface area contributed by atoms with E-state index in [1.54, 1.807) is 30.9 Å². The van der Waals surface area contributed by atoms with Gasteiger partial charge in [0.25, 0.3) is 5.91 Å². The lowest BCUT2D eigenvalue weighted by Crippen LogP contribution is -2.21. The highest BCUT2D eigenvalue weighted by Gasteiger charge is 2.08. The van der Waals surface area contributed by atoms with Crippen LogP contribution in [-0.2, 0) is 6.54 Å². The Bertz CT molecular complexity index is 604. The molecule has 6 heteroatoms. The summed E-state index contributed by atoms with van der Waals surface area (Å²) in [5, 5.41) is 2.76. The molecule has 0 saturated heterocycles. The Hall–Kier alpha value is -2.50. The number of nitroso groups, excluding NO2 is 1. The highest BCUT2D eigenvalue weighted by atomic mass is 16.3. The molecule has 2 rings (SSSR count). The van der Waals surface area contributed by atoms with E-state index in [0.29, 0.717) is 12.1 Å². The fourth-order valence-electron chi connectivity index (χ4n) is 1.75. The first-order valence-electron chi connectivity index (χ1n) is 5.76. The number of aromatic nitrogens is 2. The van der Waals surface area contributed by atoms with Gasteiger partial charge in [-0.15, -0.1) is 4.91 Å². The summed E-state index contributed by atoms with van der Waals surface area (Å²) < 4.78 is 1.75. The van der Waals surface area contributed by atoms with Crippen LogP contribution in [0.1, 0.15) is 15.9 Å². The zero-order valence-corrected chi connectivity index (χ0v) is 10.8. The summed E-state index contributed by atoms with van der Waals surface area (Å²) in [5.41, 5.74) is 1.60. The van der Waals surface area contributed by atoms with Crippen LogP contribution >= 0.6 is 0 Å². The van der Waals surface area contributed by atoms with Crippen molar-refractivity contribution in [1.29, 1.82) is 0 Å². The number of imidazole rings is 1. The molecule has 6 nitrogen and oxygen atoms in total. The van der Waals surface area contributed by atoms with E-state index in [1.807, 2.05) is 18.2 Å². The van der Waals surface area contributed by atoms with Crippen LogP contribution in [0.25, 0.3) is 0 Å². The van der Waals surface area contributed by atoms with Crippen LogP contribution in [0.5, 0.6) is 0 Å². The highest BCUT2D eigenvalue weighted by Crippen LogP contribution is 2.11. The number of carbonyl (C=O) groups is 1. The van der Waals surface area contributed by atoms with Gasteiger partial charge in [0.2, 0.25) is 5.82 Å². The monoisotopic (exact) mass is 258 g/mol. The normalized spacial score (nSPS) is 10.2. The summed E-state index contributed by atoms with van der Waals surface area (Å²) in [5.74, 6) is 0.114. The maximum Gasteiger partial charge on any atom is 0.253 e. The van der Waals surface area contributed by atoms with Crippen molar-refractivity contribution >= 4 is 11.7 Å².